The van der Waals surface area contributed by atoms with Gasteiger partial charge in [-0.15, -0.1) is 0 Å². The molecule has 0 N–H and O–H groups in total. The zero-order valence-electron chi connectivity index (χ0n) is 16.7. The fourth-order valence-corrected chi connectivity index (χ4v) is 4.60. The summed E-state index contributed by atoms with van der Waals surface area (Å²) >= 11 is 5.89. The summed E-state index contributed by atoms with van der Waals surface area (Å²) in [5.74, 6) is 4.73. The SMILES string of the molecule is Clc1cnc(N2CCC(C3CC3CCOc3ccc(-c4ncon4)cc3)CC2)nc1. The highest BCUT2D eigenvalue weighted by molar-refractivity contribution is 6.30. The van der Waals surface area contributed by atoms with Gasteiger partial charge in [0.2, 0.25) is 18.2 Å². The molecule has 2 aromatic heterocycles. The molecule has 1 aliphatic carbocycles. The Morgan fingerprint density at radius 3 is 2.53 bits per heavy atom. The van der Waals surface area contributed by atoms with Crippen LogP contribution in [0.3, 0.4) is 0 Å². The molecule has 0 amide bonds. The van der Waals surface area contributed by atoms with Gasteiger partial charge in [0.05, 0.1) is 24.0 Å². The third-order valence-electron chi connectivity index (χ3n) is 6.24. The van der Waals surface area contributed by atoms with Crippen LogP contribution in [0.1, 0.15) is 25.7 Å². The van der Waals surface area contributed by atoms with E-state index in [0.717, 1.165) is 61.1 Å². The van der Waals surface area contributed by atoms with Gasteiger partial charge in [0, 0.05) is 18.7 Å². The fourth-order valence-electron chi connectivity index (χ4n) is 4.50. The molecular formula is C22H24ClN5O2. The van der Waals surface area contributed by atoms with E-state index in [1.165, 1.54) is 25.7 Å². The number of aromatic nitrogens is 4. The average molecular weight is 426 g/mol. The van der Waals surface area contributed by atoms with E-state index in [2.05, 4.69) is 25.0 Å². The van der Waals surface area contributed by atoms with Gasteiger partial charge in [0.15, 0.2) is 0 Å². The number of hydrogen-bond acceptors (Lipinski definition) is 7. The largest absolute Gasteiger partial charge is 0.494 e. The second-order valence-electron chi connectivity index (χ2n) is 8.10. The van der Waals surface area contributed by atoms with Crippen molar-refractivity contribution < 1.29 is 9.26 Å². The van der Waals surface area contributed by atoms with E-state index >= 15 is 0 Å². The van der Waals surface area contributed by atoms with Gasteiger partial charge in [-0.1, -0.05) is 16.8 Å². The molecule has 2 aliphatic rings. The van der Waals surface area contributed by atoms with Crippen LogP contribution in [0.15, 0.2) is 47.6 Å². The van der Waals surface area contributed by atoms with Gasteiger partial charge in [-0.25, -0.2) is 9.97 Å². The molecule has 2 atom stereocenters. The van der Waals surface area contributed by atoms with E-state index in [4.69, 9.17) is 20.9 Å². The van der Waals surface area contributed by atoms with Crippen LogP contribution in [-0.4, -0.2) is 39.8 Å². The normalized spacial score (nSPS) is 21.6. The number of piperidine rings is 1. The van der Waals surface area contributed by atoms with Crippen molar-refractivity contribution in [2.24, 2.45) is 17.8 Å². The third kappa shape index (κ3) is 4.41. The molecule has 0 bridgehead atoms. The van der Waals surface area contributed by atoms with Crippen LogP contribution >= 0.6 is 11.6 Å². The predicted octanol–water partition coefficient (Wildman–Crippen LogP) is 4.50. The van der Waals surface area contributed by atoms with E-state index in [9.17, 15) is 0 Å². The molecule has 2 fully saturated rings. The molecule has 5 rings (SSSR count). The molecule has 0 spiro atoms. The summed E-state index contributed by atoms with van der Waals surface area (Å²) in [6.45, 7) is 2.82. The highest BCUT2D eigenvalue weighted by atomic mass is 35.5. The second kappa shape index (κ2) is 8.60. The van der Waals surface area contributed by atoms with Crippen molar-refractivity contribution in [3.05, 3.63) is 48.1 Å². The van der Waals surface area contributed by atoms with Gasteiger partial charge in [-0.2, -0.15) is 4.98 Å². The predicted molar refractivity (Wildman–Crippen MR) is 113 cm³/mol. The molecule has 0 radical (unpaired) electrons. The maximum atomic E-state index is 5.95. The highest BCUT2D eigenvalue weighted by Crippen LogP contribution is 2.49. The van der Waals surface area contributed by atoms with Crippen LogP contribution in [0.25, 0.3) is 11.4 Å². The van der Waals surface area contributed by atoms with Crippen molar-refractivity contribution in [3.8, 4) is 17.1 Å². The Balaban J connectivity index is 1.03. The number of benzene rings is 1. The van der Waals surface area contributed by atoms with Gasteiger partial charge in [-0.05, 0) is 67.7 Å². The molecule has 156 valence electrons. The van der Waals surface area contributed by atoms with E-state index < -0.39 is 0 Å². The van der Waals surface area contributed by atoms with Crippen LogP contribution < -0.4 is 9.64 Å². The average Bonchev–Trinajstić information content (AvgIpc) is 3.34. The Labute approximate surface area is 180 Å². The summed E-state index contributed by atoms with van der Waals surface area (Å²) in [4.78, 5) is 15.0. The van der Waals surface area contributed by atoms with E-state index in [1.807, 2.05) is 24.3 Å². The van der Waals surface area contributed by atoms with Crippen molar-refractivity contribution >= 4 is 17.5 Å². The van der Waals surface area contributed by atoms with E-state index in [0.29, 0.717) is 10.8 Å². The van der Waals surface area contributed by atoms with Crippen LogP contribution in [0, 0.1) is 17.8 Å². The lowest BCUT2D eigenvalue weighted by atomic mass is 9.90. The first-order valence-electron chi connectivity index (χ1n) is 10.5. The number of anilines is 1. The van der Waals surface area contributed by atoms with Crippen LogP contribution in [0.4, 0.5) is 5.95 Å². The van der Waals surface area contributed by atoms with Crippen molar-refractivity contribution in [1.82, 2.24) is 20.1 Å². The van der Waals surface area contributed by atoms with Crippen molar-refractivity contribution in [1.29, 1.82) is 0 Å². The minimum atomic E-state index is 0.583. The molecule has 3 aromatic rings. The van der Waals surface area contributed by atoms with Crippen LogP contribution in [0.5, 0.6) is 5.75 Å². The quantitative estimate of drug-likeness (QED) is 0.551. The lowest BCUT2D eigenvalue weighted by Crippen LogP contribution is -2.35. The molecular weight excluding hydrogens is 402 g/mol. The molecule has 7 nitrogen and oxygen atoms in total. The van der Waals surface area contributed by atoms with E-state index in [1.54, 1.807) is 12.4 Å². The molecule has 8 heteroatoms. The monoisotopic (exact) mass is 425 g/mol. The molecule has 1 saturated carbocycles. The number of hydrogen-bond donors (Lipinski definition) is 0. The van der Waals surface area contributed by atoms with Gasteiger partial charge in [0.25, 0.3) is 0 Å². The number of rotatable bonds is 7. The molecule has 3 heterocycles. The first kappa shape index (κ1) is 19.3. The Kier molecular flexibility index (Phi) is 5.53. The van der Waals surface area contributed by atoms with Gasteiger partial charge < -0.3 is 14.2 Å². The zero-order valence-corrected chi connectivity index (χ0v) is 17.4. The first-order chi connectivity index (χ1) is 14.8. The Hall–Kier alpha value is -2.67. The molecule has 2 unspecified atom stereocenters. The second-order valence-corrected chi connectivity index (χ2v) is 8.54. The summed E-state index contributed by atoms with van der Waals surface area (Å²) < 4.78 is 10.7. The molecule has 1 saturated heterocycles. The summed E-state index contributed by atoms with van der Waals surface area (Å²) in [6, 6.07) is 7.84. The number of nitrogens with zero attached hydrogens (tertiary/aromatic N) is 5. The summed E-state index contributed by atoms with van der Waals surface area (Å²) in [6.07, 6.45) is 9.57. The number of halogens is 1. The zero-order chi connectivity index (χ0) is 20.3. The van der Waals surface area contributed by atoms with Crippen LogP contribution in [-0.2, 0) is 0 Å². The van der Waals surface area contributed by atoms with Crippen molar-refractivity contribution in [2.75, 3.05) is 24.6 Å². The fraction of sp³-hybridized carbons (Fsp3) is 0.455. The van der Waals surface area contributed by atoms with Gasteiger partial charge in [0.1, 0.15) is 5.75 Å². The van der Waals surface area contributed by atoms with Gasteiger partial charge >= 0.3 is 0 Å². The smallest absolute Gasteiger partial charge is 0.225 e. The summed E-state index contributed by atoms with van der Waals surface area (Å²) in [5.41, 5.74) is 0.925. The van der Waals surface area contributed by atoms with Gasteiger partial charge in [-0.3, -0.25) is 0 Å². The first-order valence-corrected chi connectivity index (χ1v) is 10.9. The van der Waals surface area contributed by atoms with Crippen molar-refractivity contribution in [3.63, 3.8) is 0 Å². The standard InChI is InChI=1S/C22H24ClN5O2/c23-18-12-24-22(25-13-18)28-8-5-15(6-9-28)20-11-17(20)7-10-29-19-3-1-16(2-4-19)21-26-14-30-27-21/h1-4,12-15,17,20H,5-11H2. The van der Waals surface area contributed by atoms with Crippen LogP contribution in [0.2, 0.25) is 5.02 Å². The lowest BCUT2D eigenvalue weighted by molar-refractivity contribution is 0.284. The molecule has 30 heavy (non-hydrogen) atoms. The maximum absolute atomic E-state index is 5.95. The third-order valence-corrected chi connectivity index (χ3v) is 6.44. The Bertz CT molecular complexity index is 941. The molecule has 1 aromatic carbocycles. The summed E-state index contributed by atoms with van der Waals surface area (Å²) in [7, 11) is 0. The molecule has 1 aliphatic heterocycles. The maximum Gasteiger partial charge on any atom is 0.225 e. The minimum absolute atomic E-state index is 0.583. The van der Waals surface area contributed by atoms with E-state index in [-0.39, 0.29) is 0 Å². The highest BCUT2D eigenvalue weighted by Gasteiger charge is 2.43. The minimum Gasteiger partial charge on any atom is -0.494 e. The lowest BCUT2D eigenvalue weighted by Gasteiger charge is -2.32. The topological polar surface area (TPSA) is 77.2 Å². The summed E-state index contributed by atoms with van der Waals surface area (Å²) in [5, 5.41) is 4.43. The number of ether oxygens (including phenoxy) is 1. The van der Waals surface area contributed by atoms with Crippen molar-refractivity contribution in [2.45, 2.75) is 25.7 Å². The Morgan fingerprint density at radius 1 is 1.07 bits per heavy atom. The Morgan fingerprint density at radius 2 is 1.83 bits per heavy atom.